The highest BCUT2D eigenvalue weighted by Crippen LogP contribution is 2.18. The van der Waals surface area contributed by atoms with Crippen LogP contribution >= 0.6 is 0 Å². The maximum Gasteiger partial charge on any atom is 0.330 e. The number of nitrogens with zero attached hydrogens (tertiary/aromatic N) is 1. The number of hydrogen-bond donors (Lipinski definition) is 1. The Kier molecular flexibility index (Phi) is 34.4. The van der Waals surface area contributed by atoms with Crippen LogP contribution in [-0.2, 0) is 19.1 Å². The predicted octanol–water partition coefficient (Wildman–Crippen LogP) is 11.1. The lowest BCUT2D eigenvalue weighted by Gasteiger charge is -2.22. The molecule has 0 aliphatic heterocycles. The minimum Gasteiger partial charge on any atom is -0.463 e. The molecular weight excluding hydrogens is 586 g/mol. The summed E-state index contributed by atoms with van der Waals surface area (Å²) in [6, 6.07) is 0. The van der Waals surface area contributed by atoms with Crippen molar-refractivity contribution in [1.82, 2.24) is 4.90 Å². The highest BCUT2D eigenvalue weighted by atomic mass is 16.5. The molecule has 0 saturated carbocycles. The molecule has 0 amide bonds. The van der Waals surface area contributed by atoms with Crippen molar-refractivity contribution in [2.24, 2.45) is 0 Å². The Bertz CT molecular complexity index is 718. The zero-order chi connectivity index (χ0) is 34.6. The van der Waals surface area contributed by atoms with Crippen LogP contribution in [0.15, 0.2) is 23.3 Å². The number of aliphatic hydroxyl groups is 1. The molecule has 0 bridgehead atoms. The SMILES string of the molecule is CCCCCCCC(=CC(=O)OCCCCCN(CCCO)CCCCCOC(=O)/C=C(\CCCC)CCCCCCC)CCCC. The van der Waals surface area contributed by atoms with E-state index in [1.54, 1.807) is 12.2 Å². The summed E-state index contributed by atoms with van der Waals surface area (Å²) < 4.78 is 11.1. The molecule has 6 heteroatoms. The van der Waals surface area contributed by atoms with E-state index in [2.05, 4.69) is 32.6 Å². The normalized spacial score (nSPS) is 12.2. The van der Waals surface area contributed by atoms with Gasteiger partial charge in [0, 0.05) is 25.3 Å². The largest absolute Gasteiger partial charge is 0.463 e. The van der Waals surface area contributed by atoms with E-state index >= 15 is 0 Å². The molecule has 276 valence electrons. The molecule has 0 aromatic rings. The molecule has 0 rings (SSSR count). The van der Waals surface area contributed by atoms with E-state index in [4.69, 9.17) is 9.47 Å². The van der Waals surface area contributed by atoms with Crippen molar-refractivity contribution in [2.45, 2.75) is 188 Å². The lowest BCUT2D eigenvalue weighted by molar-refractivity contribution is -0.138. The number of rotatable bonds is 35. The van der Waals surface area contributed by atoms with Crippen molar-refractivity contribution in [3.63, 3.8) is 0 Å². The van der Waals surface area contributed by atoms with Crippen LogP contribution in [0.5, 0.6) is 0 Å². The first-order valence-electron chi connectivity index (χ1n) is 20.1. The summed E-state index contributed by atoms with van der Waals surface area (Å²) in [5, 5.41) is 9.35. The molecule has 0 heterocycles. The minimum absolute atomic E-state index is 0.175. The van der Waals surface area contributed by atoms with Crippen LogP contribution in [-0.4, -0.2) is 61.4 Å². The van der Waals surface area contributed by atoms with Crippen molar-refractivity contribution in [3.8, 4) is 0 Å². The molecule has 0 unspecified atom stereocenters. The second-order valence-corrected chi connectivity index (χ2v) is 13.5. The van der Waals surface area contributed by atoms with Crippen LogP contribution in [0, 0.1) is 0 Å². The Morgan fingerprint density at radius 1 is 0.468 bits per heavy atom. The van der Waals surface area contributed by atoms with Gasteiger partial charge in [-0.2, -0.15) is 0 Å². The number of carbonyl (C=O) groups is 2. The lowest BCUT2D eigenvalue weighted by atomic mass is 10.0. The van der Waals surface area contributed by atoms with Crippen LogP contribution in [0.3, 0.4) is 0 Å². The zero-order valence-corrected chi connectivity index (χ0v) is 31.6. The van der Waals surface area contributed by atoms with Gasteiger partial charge in [0.05, 0.1) is 13.2 Å². The van der Waals surface area contributed by atoms with Crippen LogP contribution in [0.4, 0.5) is 0 Å². The molecule has 0 spiro atoms. The molecule has 0 aromatic heterocycles. The molecule has 0 fully saturated rings. The molecular formula is C41H77NO5. The predicted molar refractivity (Wildman–Crippen MR) is 200 cm³/mol. The second kappa shape index (κ2) is 35.6. The van der Waals surface area contributed by atoms with Crippen LogP contribution < -0.4 is 0 Å². The number of unbranched alkanes of at least 4 members (excludes halogenated alkanes) is 14. The number of esters is 2. The first-order valence-corrected chi connectivity index (χ1v) is 20.1. The monoisotopic (exact) mass is 664 g/mol. The molecule has 6 nitrogen and oxygen atoms in total. The summed E-state index contributed by atoms with van der Waals surface area (Å²) in [5.41, 5.74) is 2.51. The third-order valence-corrected chi connectivity index (χ3v) is 8.91. The second-order valence-electron chi connectivity index (χ2n) is 13.5. The Morgan fingerprint density at radius 3 is 1.23 bits per heavy atom. The van der Waals surface area contributed by atoms with E-state index in [9.17, 15) is 14.7 Å². The van der Waals surface area contributed by atoms with Gasteiger partial charge in [-0.15, -0.1) is 0 Å². The first-order chi connectivity index (χ1) is 23.0. The van der Waals surface area contributed by atoms with Crippen LogP contribution in [0.25, 0.3) is 0 Å². The van der Waals surface area contributed by atoms with E-state index in [0.29, 0.717) is 13.2 Å². The van der Waals surface area contributed by atoms with Crippen molar-refractivity contribution >= 4 is 11.9 Å². The molecule has 0 saturated heterocycles. The summed E-state index contributed by atoms with van der Waals surface area (Å²) in [6.07, 6.45) is 31.3. The first kappa shape index (κ1) is 45.3. The quantitative estimate of drug-likeness (QED) is 0.0413. The summed E-state index contributed by atoms with van der Waals surface area (Å²) in [5.74, 6) is -0.351. The topological polar surface area (TPSA) is 76.1 Å². The third kappa shape index (κ3) is 31.4. The van der Waals surface area contributed by atoms with Crippen LogP contribution in [0.2, 0.25) is 0 Å². The molecule has 47 heavy (non-hydrogen) atoms. The van der Waals surface area contributed by atoms with Crippen molar-refractivity contribution in [1.29, 1.82) is 0 Å². The highest BCUT2D eigenvalue weighted by molar-refractivity contribution is 5.83. The number of hydrogen-bond acceptors (Lipinski definition) is 6. The molecule has 0 radical (unpaired) electrons. The maximum atomic E-state index is 12.4. The van der Waals surface area contributed by atoms with Crippen molar-refractivity contribution in [2.75, 3.05) is 39.5 Å². The van der Waals surface area contributed by atoms with E-state index in [-0.39, 0.29) is 18.5 Å². The fraction of sp³-hybridized carbons (Fsp3) is 0.854. The van der Waals surface area contributed by atoms with Gasteiger partial charge < -0.3 is 19.5 Å². The summed E-state index contributed by atoms with van der Waals surface area (Å²) in [6.45, 7) is 12.9. The smallest absolute Gasteiger partial charge is 0.330 e. The number of aliphatic hydroxyl groups excluding tert-OH is 1. The van der Waals surface area contributed by atoms with Gasteiger partial charge in [0.25, 0.3) is 0 Å². The molecule has 0 aliphatic carbocycles. The molecule has 0 aliphatic rings. The van der Waals surface area contributed by atoms with E-state index in [0.717, 1.165) is 116 Å². The van der Waals surface area contributed by atoms with Gasteiger partial charge >= 0.3 is 11.9 Å². The zero-order valence-electron chi connectivity index (χ0n) is 31.6. The summed E-state index contributed by atoms with van der Waals surface area (Å²) in [4.78, 5) is 27.3. The summed E-state index contributed by atoms with van der Waals surface area (Å²) in [7, 11) is 0. The Labute approximate surface area is 291 Å². The van der Waals surface area contributed by atoms with E-state index in [1.807, 2.05) is 0 Å². The van der Waals surface area contributed by atoms with Crippen LogP contribution in [0.1, 0.15) is 188 Å². The molecule has 0 atom stereocenters. The Balaban J connectivity index is 4.30. The van der Waals surface area contributed by atoms with E-state index in [1.165, 1.54) is 75.4 Å². The maximum absolute atomic E-state index is 12.4. The van der Waals surface area contributed by atoms with Crippen molar-refractivity contribution < 1.29 is 24.2 Å². The van der Waals surface area contributed by atoms with Crippen molar-refractivity contribution in [3.05, 3.63) is 23.3 Å². The van der Waals surface area contributed by atoms with Gasteiger partial charge in [-0.05, 0) is 109 Å². The van der Waals surface area contributed by atoms with Gasteiger partial charge in [0.15, 0.2) is 0 Å². The van der Waals surface area contributed by atoms with Gasteiger partial charge in [-0.25, -0.2) is 9.59 Å². The Hall–Kier alpha value is -1.66. The van der Waals surface area contributed by atoms with Gasteiger partial charge in [-0.3, -0.25) is 0 Å². The minimum atomic E-state index is -0.175. The number of allylic oxidation sites excluding steroid dienone is 2. The average molecular weight is 664 g/mol. The fourth-order valence-electron chi connectivity index (χ4n) is 5.88. The number of carbonyl (C=O) groups excluding carboxylic acids is 2. The standard InChI is InChI=1S/C41H77NO5/c1-5-9-13-15-19-28-38(26-11-7-3)36-40(44)46-34-23-17-21-30-42(32-25-33-43)31-22-18-24-35-47-41(45)37-39(27-12-8-4)29-20-16-14-10-6-2/h36-37,43H,5-35H2,1-4H3/b38-36+,39-37?. The average Bonchev–Trinajstić information content (AvgIpc) is 3.06. The van der Waals surface area contributed by atoms with E-state index < -0.39 is 0 Å². The van der Waals surface area contributed by atoms with Gasteiger partial charge in [0.1, 0.15) is 0 Å². The number of ether oxygens (including phenoxy) is 2. The fourth-order valence-corrected chi connectivity index (χ4v) is 5.88. The molecule has 0 aromatic carbocycles. The van der Waals surface area contributed by atoms with Gasteiger partial charge in [-0.1, -0.05) is 103 Å². The Morgan fingerprint density at radius 2 is 0.830 bits per heavy atom. The summed E-state index contributed by atoms with van der Waals surface area (Å²) >= 11 is 0. The van der Waals surface area contributed by atoms with Gasteiger partial charge in [0.2, 0.25) is 0 Å². The molecule has 1 N–H and O–H groups in total. The lowest BCUT2D eigenvalue weighted by Crippen LogP contribution is -2.28. The highest BCUT2D eigenvalue weighted by Gasteiger charge is 2.08. The third-order valence-electron chi connectivity index (χ3n) is 8.91.